The number of halogens is 2. The van der Waals surface area contributed by atoms with Crippen LogP contribution in [0.2, 0.25) is 10.0 Å². The van der Waals surface area contributed by atoms with Crippen LogP contribution in [0.15, 0.2) is 33.8 Å². The monoisotopic (exact) mass is 375 g/mol. The molecule has 1 aromatic carbocycles. The van der Waals surface area contributed by atoms with Gasteiger partial charge in [0.2, 0.25) is 0 Å². The smallest absolute Gasteiger partial charge is 0.197 e. The van der Waals surface area contributed by atoms with Crippen LogP contribution in [0, 0.1) is 6.92 Å². The second-order valence-corrected chi connectivity index (χ2v) is 7.05. The molecule has 3 heterocycles. The summed E-state index contributed by atoms with van der Waals surface area (Å²) < 4.78 is 5.59. The Hall–Kier alpha value is -1.95. The van der Waals surface area contributed by atoms with Crippen LogP contribution in [0.25, 0.3) is 11.0 Å². The maximum Gasteiger partial charge on any atom is 0.197 e. The number of hydrogen-bond donors (Lipinski definition) is 0. The van der Waals surface area contributed by atoms with Crippen LogP contribution in [0.4, 0.5) is 0 Å². The molecule has 1 aliphatic heterocycles. The lowest BCUT2D eigenvalue weighted by atomic mass is 10.1. The van der Waals surface area contributed by atoms with Crippen LogP contribution in [0.5, 0.6) is 0 Å². The lowest BCUT2D eigenvalue weighted by Crippen LogP contribution is -2.32. The van der Waals surface area contributed by atoms with Gasteiger partial charge in [0.1, 0.15) is 5.82 Å². The van der Waals surface area contributed by atoms with Gasteiger partial charge < -0.3 is 4.42 Å². The highest BCUT2D eigenvalue weighted by Gasteiger charge is 2.20. The summed E-state index contributed by atoms with van der Waals surface area (Å²) in [6, 6.07) is 3.16. The van der Waals surface area contributed by atoms with Crippen molar-refractivity contribution in [3.63, 3.8) is 0 Å². The van der Waals surface area contributed by atoms with Crippen LogP contribution in [-0.4, -0.2) is 21.4 Å². The van der Waals surface area contributed by atoms with E-state index in [0.717, 1.165) is 30.0 Å². The fraction of sp³-hybridized carbons (Fsp3) is 0.278. The van der Waals surface area contributed by atoms with Gasteiger partial charge in [-0.15, -0.1) is 0 Å². The molecule has 0 saturated heterocycles. The standard InChI is InChI=1S/C18H15Cl2N3O2/c1-10-21-6-11-7-23(3-2-16(11)22-10)8-12-9-25-18-14(17(12)24)4-13(19)5-15(18)20/h4-6,9H,2-3,7-8H2,1H3. The topological polar surface area (TPSA) is 59.2 Å². The van der Waals surface area contributed by atoms with Gasteiger partial charge in [-0.2, -0.15) is 0 Å². The highest BCUT2D eigenvalue weighted by molar-refractivity contribution is 6.38. The average Bonchev–Trinajstić information content (AvgIpc) is 2.58. The number of nitrogens with zero attached hydrogens (tertiary/aromatic N) is 3. The lowest BCUT2D eigenvalue weighted by molar-refractivity contribution is 0.240. The van der Waals surface area contributed by atoms with Gasteiger partial charge in [0.25, 0.3) is 0 Å². The van der Waals surface area contributed by atoms with E-state index in [2.05, 4.69) is 14.9 Å². The molecule has 3 aromatic rings. The second kappa shape index (κ2) is 6.41. The van der Waals surface area contributed by atoms with Gasteiger partial charge in [0.05, 0.1) is 16.7 Å². The van der Waals surface area contributed by atoms with E-state index in [4.69, 9.17) is 27.6 Å². The molecule has 0 bridgehead atoms. The van der Waals surface area contributed by atoms with E-state index in [-0.39, 0.29) is 5.43 Å². The average molecular weight is 376 g/mol. The maximum atomic E-state index is 12.8. The first-order valence-electron chi connectivity index (χ1n) is 7.94. The Kier molecular flexibility index (Phi) is 4.23. The van der Waals surface area contributed by atoms with E-state index >= 15 is 0 Å². The SMILES string of the molecule is Cc1ncc2c(n1)CCN(Cc1coc3c(Cl)cc(Cl)cc3c1=O)C2. The van der Waals surface area contributed by atoms with Gasteiger partial charge in [0, 0.05) is 54.1 Å². The minimum Gasteiger partial charge on any atom is -0.462 e. The van der Waals surface area contributed by atoms with Crippen molar-refractivity contribution in [2.75, 3.05) is 6.54 Å². The number of fused-ring (bicyclic) bond motifs is 2. The van der Waals surface area contributed by atoms with Gasteiger partial charge >= 0.3 is 0 Å². The molecule has 0 amide bonds. The summed E-state index contributed by atoms with van der Waals surface area (Å²) >= 11 is 12.1. The normalized spacial score (nSPS) is 14.7. The van der Waals surface area contributed by atoms with Crippen molar-refractivity contribution in [2.24, 2.45) is 0 Å². The third kappa shape index (κ3) is 3.15. The van der Waals surface area contributed by atoms with Crippen molar-refractivity contribution < 1.29 is 4.42 Å². The summed E-state index contributed by atoms with van der Waals surface area (Å²) in [4.78, 5) is 23.7. The molecule has 0 spiro atoms. The van der Waals surface area contributed by atoms with Crippen LogP contribution in [-0.2, 0) is 19.5 Å². The van der Waals surface area contributed by atoms with Crippen molar-refractivity contribution in [1.29, 1.82) is 0 Å². The third-order valence-electron chi connectivity index (χ3n) is 4.39. The molecular weight excluding hydrogens is 361 g/mol. The Morgan fingerprint density at radius 1 is 1.32 bits per heavy atom. The molecule has 0 N–H and O–H groups in total. The number of aromatic nitrogens is 2. The maximum absolute atomic E-state index is 12.8. The summed E-state index contributed by atoms with van der Waals surface area (Å²) in [6.07, 6.45) is 4.20. The van der Waals surface area contributed by atoms with Crippen molar-refractivity contribution >= 4 is 34.2 Å². The van der Waals surface area contributed by atoms with Crippen molar-refractivity contribution in [3.05, 3.63) is 67.5 Å². The molecule has 0 aliphatic carbocycles. The summed E-state index contributed by atoms with van der Waals surface area (Å²) in [5.74, 6) is 0.788. The molecule has 7 heteroatoms. The number of hydrogen-bond acceptors (Lipinski definition) is 5. The van der Waals surface area contributed by atoms with E-state index in [1.165, 1.54) is 6.26 Å². The van der Waals surface area contributed by atoms with Gasteiger partial charge in [-0.05, 0) is 19.1 Å². The molecule has 0 unspecified atom stereocenters. The fourth-order valence-corrected chi connectivity index (χ4v) is 3.70. The van der Waals surface area contributed by atoms with Gasteiger partial charge in [-0.25, -0.2) is 9.97 Å². The summed E-state index contributed by atoms with van der Waals surface area (Å²) in [7, 11) is 0. The highest BCUT2D eigenvalue weighted by atomic mass is 35.5. The van der Waals surface area contributed by atoms with E-state index in [0.29, 0.717) is 39.7 Å². The van der Waals surface area contributed by atoms with Crippen LogP contribution in [0.1, 0.15) is 22.6 Å². The highest BCUT2D eigenvalue weighted by Crippen LogP contribution is 2.27. The second-order valence-electron chi connectivity index (χ2n) is 6.20. The van der Waals surface area contributed by atoms with Gasteiger partial charge in [-0.3, -0.25) is 9.69 Å². The van der Waals surface area contributed by atoms with E-state index in [1.807, 2.05) is 13.1 Å². The third-order valence-corrected chi connectivity index (χ3v) is 4.89. The fourth-order valence-electron chi connectivity index (χ4n) is 3.16. The largest absolute Gasteiger partial charge is 0.462 e. The van der Waals surface area contributed by atoms with E-state index in [9.17, 15) is 4.79 Å². The Bertz CT molecular complexity index is 1030. The minimum absolute atomic E-state index is 0.100. The first-order chi connectivity index (χ1) is 12.0. The van der Waals surface area contributed by atoms with Crippen LogP contribution < -0.4 is 5.43 Å². The molecule has 4 rings (SSSR count). The van der Waals surface area contributed by atoms with Gasteiger partial charge in [-0.1, -0.05) is 23.2 Å². The van der Waals surface area contributed by atoms with Gasteiger partial charge in [0.15, 0.2) is 11.0 Å². The molecule has 25 heavy (non-hydrogen) atoms. The number of rotatable bonds is 2. The Balaban J connectivity index is 1.64. The molecule has 0 saturated carbocycles. The Morgan fingerprint density at radius 3 is 3.00 bits per heavy atom. The van der Waals surface area contributed by atoms with Crippen LogP contribution in [0.3, 0.4) is 0 Å². The Morgan fingerprint density at radius 2 is 2.16 bits per heavy atom. The molecule has 128 valence electrons. The lowest BCUT2D eigenvalue weighted by Gasteiger charge is -2.27. The molecule has 5 nitrogen and oxygen atoms in total. The molecule has 0 fully saturated rings. The zero-order chi connectivity index (χ0) is 17.6. The van der Waals surface area contributed by atoms with Crippen molar-refractivity contribution in [1.82, 2.24) is 14.9 Å². The summed E-state index contributed by atoms with van der Waals surface area (Å²) in [5.41, 5.74) is 3.05. The van der Waals surface area contributed by atoms with Crippen molar-refractivity contribution in [2.45, 2.75) is 26.4 Å². The predicted octanol–water partition coefficient (Wildman–Crippen LogP) is 3.76. The van der Waals surface area contributed by atoms with E-state index < -0.39 is 0 Å². The number of aryl methyl sites for hydroxylation is 1. The van der Waals surface area contributed by atoms with E-state index in [1.54, 1.807) is 12.1 Å². The Labute approximate surface area is 154 Å². The molecular formula is C18H15Cl2N3O2. The predicted molar refractivity (Wildman–Crippen MR) is 97.1 cm³/mol. The molecule has 2 aromatic heterocycles. The first-order valence-corrected chi connectivity index (χ1v) is 8.70. The summed E-state index contributed by atoms with van der Waals surface area (Å²) in [6.45, 7) is 3.93. The quantitative estimate of drug-likeness (QED) is 0.682. The molecule has 0 radical (unpaired) electrons. The zero-order valence-corrected chi connectivity index (χ0v) is 15.1. The van der Waals surface area contributed by atoms with Crippen LogP contribution >= 0.6 is 23.2 Å². The number of benzene rings is 1. The molecule has 0 atom stereocenters. The summed E-state index contributed by atoms with van der Waals surface area (Å²) in [5, 5.41) is 1.17. The molecule has 1 aliphatic rings. The first kappa shape index (κ1) is 16.5. The van der Waals surface area contributed by atoms with Crippen molar-refractivity contribution in [3.8, 4) is 0 Å². The minimum atomic E-state index is -0.100. The zero-order valence-electron chi connectivity index (χ0n) is 13.6.